The smallest absolute Gasteiger partial charge is 0.170 e. The average molecular weight is 376 g/mol. The Bertz CT molecular complexity index is 428. The highest BCUT2D eigenvalue weighted by Crippen LogP contribution is 2.17. The molecule has 27 heavy (non-hydrogen) atoms. The lowest BCUT2D eigenvalue weighted by Gasteiger charge is -2.24. The standard InChI is InChI=1S/C25H47N2/c1-5-9-12-14-19-27(20-15-13-10-6-2)25-17-21-26(22-18-25)23-24(8-4)16-11-7-3/h17-18,21-22,24H,5-16,19-20,23H2,1-4H3/q+1. The lowest BCUT2D eigenvalue weighted by Crippen LogP contribution is -2.37. The number of rotatable bonds is 17. The number of pyridine rings is 1. The van der Waals surface area contributed by atoms with Gasteiger partial charge in [-0.15, -0.1) is 0 Å². The van der Waals surface area contributed by atoms with Crippen LogP contribution in [0.3, 0.4) is 0 Å². The van der Waals surface area contributed by atoms with Crippen LogP contribution in [0, 0.1) is 5.92 Å². The van der Waals surface area contributed by atoms with Gasteiger partial charge in [0.2, 0.25) is 0 Å². The molecule has 1 rings (SSSR count). The predicted molar refractivity (Wildman–Crippen MR) is 120 cm³/mol. The number of hydrogen-bond acceptors (Lipinski definition) is 1. The third kappa shape index (κ3) is 10.8. The summed E-state index contributed by atoms with van der Waals surface area (Å²) in [6, 6.07) is 4.71. The van der Waals surface area contributed by atoms with Crippen LogP contribution in [0.4, 0.5) is 5.69 Å². The van der Waals surface area contributed by atoms with Gasteiger partial charge >= 0.3 is 0 Å². The Kier molecular flexibility index (Phi) is 14.2. The van der Waals surface area contributed by atoms with E-state index in [0.717, 1.165) is 5.92 Å². The number of aromatic nitrogens is 1. The number of nitrogens with zero attached hydrogens (tertiary/aromatic N) is 2. The van der Waals surface area contributed by atoms with E-state index >= 15 is 0 Å². The SMILES string of the molecule is CCCCCCN(CCCCCC)c1cc[n+](CC(CC)CCCC)cc1. The van der Waals surface area contributed by atoms with E-state index in [-0.39, 0.29) is 0 Å². The zero-order valence-corrected chi connectivity index (χ0v) is 18.9. The van der Waals surface area contributed by atoms with Crippen molar-refractivity contribution < 1.29 is 4.57 Å². The van der Waals surface area contributed by atoms with E-state index in [1.807, 2.05) is 0 Å². The van der Waals surface area contributed by atoms with E-state index < -0.39 is 0 Å². The second kappa shape index (κ2) is 16.0. The molecule has 0 fully saturated rings. The molecular weight excluding hydrogens is 328 g/mol. The van der Waals surface area contributed by atoms with Gasteiger partial charge in [0, 0.05) is 36.8 Å². The van der Waals surface area contributed by atoms with Gasteiger partial charge in [0.25, 0.3) is 0 Å². The van der Waals surface area contributed by atoms with Crippen LogP contribution in [0.25, 0.3) is 0 Å². The summed E-state index contributed by atoms with van der Waals surface area (Å²) >= 11 is 0. The fraction of sp³-hybridized carbons (Fsp3) is 0.800. The van der Waals surface area contributed by atoms with Crippen LogP contribution in [-0.2, 0) is 6.54 Å². The van der Waals surface area contributed by atoms with E-state index in [2.05, 4.69) is 61.7 Å². The van der Waals surface area contributed by atoms with Crippen LogP contribution >= 0.6 is 0 Å². The van der Waals surface area contributed by atoms with Crippen molar-refractivity contribution in [2.45, 2.75) is 111 Å². The van der Waals surface area contributed by atoms with Gasteiger partial charge in [0.15, 0.2) is 18.9 Å². The summed E-state index contributed by atoms with van der Waals surface area (Å²) in [5, 5.41) is 0. The normalized spacial score (nSPS) is 12.3. The molecule has 0 saturated heterocycles. The first-order valence-corrected chi connectivity index (χ1v) is 12.0. The van der Waals surface area contributed by atoms with Crippen LogP contribution in [0.5, 0.6) is 0 Å². The molecule has 0 aliphatic heterocycles. The molecule has 0 aliphatic carbocycles. The minimum absolute atomic E-state index is 0.819. The van der Waals surface area contributed by atoms with Gasteiger partial charge in [-0.05, 0) is 25.7 Å². The van der Waals surface area contributed by atoms with Gasteiger partial charge in [0.1, 0.15) is 0 Å². The molecule has 1 atom stereocenters. The first-order chi connectivity index (χ1) is 13.2. The van der Waals surface area contributed by atoms with Crippen molar-refractivity contribution in [2.24, 2.45) is 5.92 Å². The van der Waals surface area contributed by atoms with E-state index in [1.165, 1.54) is 102 Å². The molecule has 0 aliphatic rings. The fourth-order valence-electron chi connectivity index (χ4n) is 3.83. The molecule has 0 bridgehead atoms. The predicted octanol–water partition coefficient (Wildman–Crippen LogP) is 7.16. The monoisotopic (exact) mass is 375 g/mol. The summed E-state index contributed by atoms with van der Waals surface area (Å²) in [6.45, 7) is 12.8. The maximum Gasteiger partial charge on any atom is 0.170 e. The summed E-state index contributed by atoms with van der Waals surface area (Å²) in [4.78, 5) is 2.63. The van der Waals surface area contributed by atoms with E-state index in [1.54, 1.807) is 0 Å². The Hall–Kier alpha value is -1.05. The lowest BCUT2D eigenvalue weighted by molar-refractivity contribution is -0.703. The first kappa shape index (κ1) is 24.0. The van der Waals surface area contributed by atoms with E-state index in [0.29, 0.717) is 0 Å². The highest BCUT2D eigenvalue weighted by atomic mass is 15.1. The molecule has 1 heterocycles. The minimum atomic E-state index is 0.819. The van der Waals surface area contributed by atoms with Crippen LogP contribution in [-0.4, -0.2) is 13.1 Å². The van der Waals surface area contributed by atoms with Crippen LogP contribution in [0.2, 0.25) is 0 Å². The highest BCUT2D eigenvalue weighted by Gasteiger charge is 2.13. The molecule has 0 radical (unpaired) electrons. The zero-order chi connectivity index (χ0) is 19.7. The molecule has 0 aromatic carbocycles. The van der Waals surface area contributed by atoms with Crippen LogP contribution in [0.15, 0.2) is 24.5 Å². The molecule has 1 aromatic rings. The molecule has 2 nitrogen and oxygen atoms in total. The first-order valence-electron chi connectivity index (χ1n) is 12.0. The van der Waals surface area contributed by atoms with Crippen molar-refractivity contribution in [3.8, 4) is 0 Å². The van der Waals surface area contributed by atoms with Crippen molar-refractivity contribution in [1.29, 1.82) is 0 Å². The molecule has 0 spiro atoms. The van der Waals surface area contributed by atoms with Crippen LogP contribution in [0.1, 0.15) is 105 Å². The Labute approximate surface area is 170 Å². The topological polar surface area (TPSA) is 7.12 Å². The largest absolute Gasteiger partial charge is 0.371 e. The Morgan fingerprint density at radius 2 is 1.30 bits per heavy atom. The third-order valence-electron chi connectivity index (χ3n) is 5.81. The second-order valence-electron chi connectivity index (χ2n) is 8.28. The molecule has 0 N–H and O–H groups in total. The molecular formula is C25H47N2+. The van der Waals surface area contributed by atoms with Gasteiger partial charge in [-0.3, -0.25) is 0 Å². The maximum absolute atomic E-state index is 2.63. The van der Waals surface area contributed by atoms with Gasteiger partial charge in [-0.1, -0.05) is 79.1 Å². The van der Waals surface area contributed by atoms with Crippen molar-refractivity contribution in [2.75, 3.05) is 18.0 Å². The van der Waals surface area contributed by atoms with Gasteiger partial charge in [0.05, 0.1) is 0 Å². The van der Waals surface area contributed by atoms with Crippen molar-refractivity contribution >= 4 is 5.69 Å². The summed E-state index contributed by atoms with van der Waals surface area (Å²) in [5.41, 5.74) is 1.42. The van der Waals surface area contributed by atoms with E-state index in [4.69, 9.17) is 0 Å². The zero-order valence-electron chi connectivity index (χ0n) is 18.9. The number of unbranched alkanes of at least 4 members (excludes halogenated alkanes) is 7. The minimum Gasteiger partial charge on any atom is -0.371 e. The summed E-state index contributed by atoms with van der Waals surface area (Å²) in [6.07, 6.45) is 20.7. The fourth-order valence-corrected chi connectivity index (χ4v) is 3.83. The Balaban J connectivity index is 2.61. The van der Waals surface area contributed by atoms with Gasteiger partial charge in [-0.25, -0.2) is 4.57 Å². The van der Waals surface area contributed by atoms with E-state index in [9.17, 15) is 0 Å². The quantitative estimate of drug-likeness (QED) is 0.207. The second-order valence-corrected chi connectivity index (χ2v) is 8.28. The molecule has 1 unspecified atom stereocenters. The van der Waals surface area contributed by atoms with Crippen molar-refractivity contribution in [3.63, 3.8) is 0 Å². The van der Waals surface area contributed by atoms with Crippen molar-refractivity contribution in [3.05, 3.63) is 24.5 Å². The Morgan fingerprint density at radius 1 is 0.741 bits per heavy atom. The summed E-state index contributed by atoms with van der Waals surface area (Å²) in [7, 11) is 0. The Morgan fingerprint density at radius 3 is 1.78 bits per heavy atom. The maximum atomic E-state index is 2.63. The molecule has 1 aromatic heterocycles. The van der Waals surface area contributed by atoms with Crippen LogP contribution < -0.4 is 9.47 Å². The lowest BCUT2D eigenvalue weighted by atomic mass is 9.99. The number of hydrogen-bond donors (Lipinski definition) is 0. The average Bonchev–Trinajstić information content (AvgIpc) is 2.70. The molecule has 0 saturated carbocycles. The molecule has 156 valence electrons. The van der Waals surface area contributed by atoms with Gasteiger partial charge < -0.3 is 4.90 Å². The van der Waals surface area contributed by atoms with Crippen molar-refractivity contribution in [1.82, 2.24) is 0 Å². The highest BCUT2D eigenvalue weighted by molar-refractivity contribution is 5.43. The van der Waals surface area contributed by atoms with Gasteiger partial charge in [-0.2, -0.15) is 0 Å². The summed E-state index contributed by atoms with van der Waals surface area (Å²) < 4.78 is 2.40. The third-order valence-corrected chi connectivity index (χ3v) is 5.81. The molecule has 2 heteroatoms. The number of anilines is 1. The summed E-state index contributed by atoms with van der Waals surface area (Å²) in [5.74, 6) is 0.819. The molecule has 0 amide bonds.